The second kappa shape index (κ2) is 8.29. The van der Waals surface area contributed by atoms with Crippen molar-refractivity contribution in [2.75, 3.05) is 20.4 Å². The molecule has 0 radical (unpaired) electrons. The lowest BCUT2D eigenvalue weighted by Gasteiger charge is -2.27. The van der Waals surface area contributed by atoms with E-state index in [1.165, 1.54) is 4.90 Å². The lowest BCUT2D eigenvalue weighted by Crippen LogP contribution is -2.41. The van der Waals surface area contributed by atoms with Crippen LogP contribution in [0, 0.1) is 0 Å². The summed E-state index contributed by atoms with van der Waals surface area (Å²) in [6.07, 6.45) is 8.64. The molecule has 1 atom stereocenters. The summed E-state index contributed by atoms with van der Waals surface area (Å²) in [6, 6.07) is 4.53. The van der Waals surface area contributed by atoms with Gasteiger partial charge < -0.3 is 19.3 Å². The molecule has 1 amide bonds. The molecule has 0 aliphatic carbocycles. The number of allylic oxidation sites excluding steroid dienone is 1. The van der Waals surface area contributed by atoms with Crippen molar-refractivity contribution in [2.45, 2.75) is 39.2 Å². The zero-order chi connectivity index (χ0) is 19.4. The largest absolute Gasteiger partial charge is 0.454 e. The molecule has 0 bridgehead atoms. The van der Waals surface area contributed by atoms with Crippen molar-refractivity contribution in [1.29, 1.82) is 0 Å². The van der Waals surface area contributed by atoms with Gasteiger partial charge in [-0.25, -0.2) is 0 Å². The Balaban J connectivity index is 1.69. The first kappa shape index (κ1) is 19.0. The average molecular weight is 370 g/mol. The maximum absolute atomic E-state index is 12.9. The Morgan fingerprint density at radius 3 is 2.81 bits per heavy atom. The first-order valence-electron chi connectivity index (χ1n) is 9.35. The van der Waals surface area contributed by atoms with Crippen LogP contribution >= 0.6 is 0 Å². The molecular formula is C21H26N2O4. The zero-order valence-corrected chi connectivity index (χ0v) is 16.1. The number of amides is 1. The third kappa shape index (κ3) is 4.15. The molecule has 2 heterocycles. The van der Waals surface area contributed by atoms with Crippen LogP contribution < -0.4 is 9.47 Å². The van der Waals surface area contributed by atoms with Crippen LogP contribution in [-0.4, -0.2) is 47.9 Å². The van der Waals surface area contributed by atoms with Gasteiger partial charge in [0.1, 0.15) is 0 Å². The number of hydrogen-bond acceptors (Lipinski definition) is 5. The highest BCUT2D eigenvalue weighted by Crippen LogP contribution is 2.33. The van der Waals surface area contributed by atoms with E-state index in [1.807, 2.05) is 23.4 Å². The summed E-state index contributed by atoms with van der Waals surface area (Å²) < 4.78 is 10.6. The minimum atomic E-state index is -0.575. The first-order chi connectivity index (χ1) is 13.0. The van der Waals surface area contributed by atoms with Crippen LogP contribution in [0.1, 0.15) is 43.5 Å². The fourth-order valence-electron chi connectivity index (χ4n) is 3.10. The molecule has 0 N–H and O–H groups in total. The topological polar surface area (TPSA) is 59.1 Å². The summed E-state index contributed by atoms with van der Waals surface area (Å²) in [4.78, 5) is 29.3. The summed E-state index contributed by atoms with van der Waals surface area (Å²) in [7, 11) is 1.67. The van der Waals surface area contributed by atoms with Gasteiger partial charge >= 0.3 is 0 Å². The second-order valence-electron chi connectivity index (χ2n) is 6.86. The van der Waals surface area contributed by atoms with Gasteiger partial charge in [-0.3, -0.25) is 9.59 Å². The average Bonchev–Trinajstić information content (AvgIpc) is 3.18. The molecule has 27 heavy (non-hydrogen) atoms. The van der Waals surface area contributed by atoms with E-state index in [0.717, 1.165) is 19.4 Å². The molecule has 6 nitrogen and oxygen atoms in total. The molecule has 0 fully saturated rings. The summed E-state index contributed by atoms with van der Waals surface area (Å²) in [5.41, 5.74) is 1.20. The highest BCUT2D eigenvalue weighted by molar-refractivity contribution is 6.04. The number of ether oxygens (including phenoxy) is 2. The van der Waals surface area contributed by atoms with E-state index in [1.54, 1.807) is 32.2 Å². The monoisotopic (exact) mass is 370 g/mol. The molecule has 1 unspecified atom stereocenters. The second-order valence-corrected chi connectivity index (χ2v) is 6.86. The lowest BCUT2D eigenvalue weighted by atomic mass is 10.0. The normalized spacial score (nSPS) is 16.1. The smallest absolute Gasteiger partial charge is 0.251 e. The highest BCUT2D eigenvalue weighted by Gasteiger charge is 2.27. The van der Waals surface area contributed by atoms with E-state index in [4.69, 9.17) is 9.47 Å². The lowest BCUT2D eigenvalue weighted by molar-refractivity contribution is -0.127. The van der Waals surface area contributed by atoms with Crippen molar-refractivity contribution in [3.63, 3.8) is 0 Å². The molecule has 2 aliphatic rings. The minimum Gasteiger partial charge on any atom is -0.454 e. The molecule has 0 aromatic heterocycles. The zero-order valence-electron chi connectivity index (χ0n) is 16.1. The number of ketones is 1. The number of Topliss-reactive ketones (excluding diaryl/α,β-unsaturated/α-hetero) is 1. The molecule has 1 aromatic carbocycles. The van der Waals surface area contributed by atoms with E-state index in [-0.39, 0.29) is 18.5 Å². The van der Waals surface area contributed by atoms with Crippen LogP contribution in [0.25, 0.3) is 0 Å². The number of fused-ring (bicyclic) bond motifs is 1. The highest BCUT2D eigenvalue weighted by atomic mass is 16.7. The van der Waals surface area contributed by atoms with Crippen LogP contribution in [0.2, 0.25) is 0 Å². The van der Waals surface area contributed by atoms with E-state index < -0.39 is 6.04 Å². The standard InChI is InChI=1S/C21H26N2O4/c1-4-5-10-23-11-6-7-17(13-23)21(25)22(3)15(2)20(24)16-8-9-18-19(12-16)27-14-26-18/h6,8-9,11-13,15H,4-5,7,10,14H2,1-3H3. The van der Waals surface area contributed by atoms with Gasteiger partial charge in [-0.2, -0.15) is 0 Å². The molecular weight excluding hydrogens is 344 g/mol. The van der Waals surface area contributed by atoms with Crippen molar-refractivity contribution in [3.8, 4) is 11.5 Å². The van der Waals surface area contributed by atoms with Gasteiger partial charge in [-0.05, 0) is 44.2 Å². The Morgan fingerprint density at radius 1 is 1.26 bits per heavy atom. The van der Waals surface area contributed by atoms with Crippen molar-refractivity contribution >= 4 is 11.7 Å². The van der Waals surface area contributed by atoms with Crippen molar-refractivity contribution in [1.82, 2.24) is 9.80 Å². The van der Waals surface area contributed by atoms with Crippen molar-refractivity contribution in [3.05, 3.63) is 47.8 Å². The van der Waals surface area contributed by atoms with Crippen LogP contribution in [0.15, 0.2) is 42.2 Å². The van der Waals surface area contributed by atoms with Gasteiger partial charge in [0, 0.05) is 30.9 Å². The van der Waals surface area contributed by atoms with E-state index in [0.29, 0.717) is 29.1 Å². The Bertz CT molecular complexity index is 784. The van der Waals surface area contributed by atoms with Gasteiger partial charge in [-0.1, -0.05) is 19.4 Å². The van der Waals surface area contributed by atoms with Crippen LogP contribution in [0.5, 0.6) is 11.5 Å². The van der Waals surface area contributed by atoms with Gasteiger partial charge in [0.15, 0.2) is 17.3 Å². The number of likely N-dealkylation sites (N-methyl/N-ethyl adjacent to an activating group) is 1. The van der Waals surface area contributed by atoms with E-state index in [9.17, 15) is 9.59 Å². The van der Waals surface area contributed by atoms with Gasteiger partial charge in [0.2, 0.25) is 6.79 Å². The number of carbonyl (C=O) groups is 2. The minimum absolute atomic E-state index is 0.123. The third-order valence-electron chi connectivity index (χ3n) is 4.94. The van der Waals surface area contributed by atoms with Crippen molar-refractivity contribution < 1.29 is 19.1 Å². The maximum Gasteiger partial charge on any atom is 0.251 e. The Hall–Kier alpha value is -2.76. The molecule has 2 aliphatic heterocycles. The summed E-state index contributed by atoms with van der Waals surface area (Å²) >= 11 is 0. The maximum atomic E-state index is 12.9. The molecule has 0 spiro atoms. The number of unbranched alkanes of at least 4 members (excludes halogenated alkanes) is 1. The SMILES string of the molecule is CCCCN1C=CCC(C(=O)N(C)C(C)C(=O)c2ccc3c(c2)OCO3)=C1. The molecule has 144 valence electrons. The molecule has 6 heteroatoms. The van der Waals surface area contributed by atoms with Crippen LogP contribution in [0.3, 0.4) is 0 Å². The summed E-state index contributed by atoms with van der Waals surface area (Å²) in [5, 5.41) is 0. The Labute approximate surface area is 160 Å². The summed E-state index contributed by atoms with van der Waals surface area (Å²) in [5.74, 6) is 0.949. The number of hydrogen-bond donors (Lipinski definition) is 0. The van der Waals surface area contributed by atoms with Crippen LogP contribution in [-0.2, 0) is 4.79 Å². The molecule has 3 rings (SSSR count). The fourth-order valence-corrected chi connectivity index (χ4v) is 3.10. The predicted octanol–water partition coefficient (Wildman–Crippen LogP) is 3.35. The number of carbonyl (C=O) groups excluding carboxylic acids is 2. The third-order valence-corrected chi connectivity index (χ3v) is 4.94. The molecule has 0 saturated heterocycles. The van der Waals surface area contributed by atoms with Crippen LogP contribution in [0.4, 0.5) is 0 Å². The molecule has 1 aromatic rings. The quantitative estimate of drug-likeness (QED) is 0.689. The summed E-state index contributed by atoms with van der Waals surface area (Å²) in [6.45, 7) is 4.94. The molecule has 0 saturated carbocycles. The predicted molar refractivity (Wildman–Crippen MR) is 103 cm³/mol. The van der Waals surface area contributed by atoms with Gasteiger partial charge in [-0.15, -0.1) is 0 Å². The van der Waals surface area contributed by atoms with E-state index >= 15 is 0 Å². The number of benzene rings is 1. The Morgan fingerprint density at radius 2 is 2.04 bits per heavy atom. The van der Waals surface area contributed by atoms with E-state index in [2.05, 4.69) is 6.92 Å². The number of rotatable bonds is 7. The van der Waals surface area contributed by atoms with Gasteiger partial charge in [0.25, 0.3) is 5.91 Å². The number of nitrogens with zero attached hydrogens (tertiary/aromatic N) is 2. The van der Waals surface area contributed by atoms with Crippen molar-refractivity contribution in [2.24, 2.45) is 0 Å². The first-order valence-corrected chi connectivity index (χ1v) is 9.35. The fraction of sp³-hybridized carbons (Fsp3) is 0.429. The van der Waals surface area contributed by atoms with Gasteiger partial charge in [0.05, 0.1) is 6.04 Å². The Kier molecular flexibility index (Phi) is 5.84.